The Kier molecular flexibility index (Phi) is 6.45. The van der Waals surface area contributed by atoms with Crippen molar-refractivity contribution in [3.8, 4) is 0 Å². The summed E-state index contributed by atoms with van der Waals surface area (Å²) in [6, 6.07) is 0. The molecule has 0 aromatic rings. The van der Waals surface area contributed by atoms with E-state index in [2.05, 4.69) is 6.92 Å². The van der Waals surface area contributed by atoms with Crippen molar-refractivity contribution in [1.29, 1.82) is 0 Å². The summed E-state index contributed by atoms with van der Waals surface area (Å²) in [7, 11) is 0. The van der Waals surface area contributed by atoms with Gasteiger partial charge in [-0.15, -0.1) is 0 Å². The molecule has 0 saturated heterocycles. The van der Waals surface area contributed by atoms with Gasteiger partial charge in [-0.2, -0.15) is 0 Å². The summed E-state index contributed by atoms with van der Waals surface area (Å²) in [6.45, 7) is 2.17. The molecule has 0 aromatic heterocycles. The summed E-state index contributed by atoms with van der Waals surface area (Å²) in [5.41, 5.74) is 0. The van der Waals surface area contributed by atoms with Crippen molar-refractivity contribution < 1.29 is 9.53 Å². The quantitative estimate of drug-likeness (QED) is 0.495. The molecule has 0 aromatic carbocycles. The van der Waals surface area contributed by atoms with Crippen LogP contribution in [0, 0.1) is 6.42 Å². The molecule has 0 heterocycles. The number of carbonyl (C=O) groups excluding carboxylic acids is 1. The molecule has 2 heteroatoms. The van der Waals surface area contributed by atoms with Crippen molar-refractivity contribution in [2.75, 3.05) is 0 Å². The van der Waals surface area contributed by atoms with Gasteiger partial charge in [0.05, 0.1) is 6.42 Å². The Morgan fingerprint density at radius 2 is 2.00 bits per heavy atom. The van der Waals surface area contributed by atoms with Crippen LogP contribution in [0.5, 0.6) is 0 Å². The smallest absolute Gasteiger partial charge is 0.310 e. The van der Waals surface area contributed by atoms with E-state index in [-0.39, 0.29) is 12.1 Å². The fourth-order valence-corrected chi connectivity index (χ4v) is 2.01. The Balaban J connectivity index is 2.01. The van der Waals surface area contributed by atoms with Gasteiger partial charge in [-0.25, -0.2) is 0 Å². The summed E-state index contributed by atoms with van der Waals surface area (Å²) >= 11 is 0. The Hall–Kier alpha value is -0.530. The molecule has 0 N–H and O–H groups in total. The molecule has 87 valence electrons. The van der Waals surface area contributed by atoms with Crippen LogP contribution in [0.15, 0.2) is 0 Å². The summed E-state index contributed by atoms with van der Waals surface area (Å²) in [5, 5.41) is 0. The maximum Gasteiger partial charge on any atom is 0.310 e. The minimum atomic E-state index is -0.0991. The van der Waals surface area contributed by atoms with Crippen LogP contribution in [-0.2, 0) is 9.53 Å². The van der Waals surface area contributed by atoms with Gasteiger partial charge in [-0.05, 0) is 32.1 Å². The predicted octanol–water partition coefficient (Wildman–Crippen LogP) is 3.65. The van der Waals surface area contributed by atoms with Gasteiger partial charge in [0.25, 0.3) is 0 Å². The third-order valence-electron chi connectivity index (χ3n) is 2.95. The molecular weight excluding hydrogens is 188 g/mol. The Bertz CT molecular complexity index is 171. The number of esters is 1. The summed E-state index contributed by atoms with van der Waals surface area (Å²) < 4.78 is 5.38. The zero-order chi connectivity index (χ0) is 10.9. The molecule has 0 atom stereocenters. The van der Waals surface area contributed by atoms with Crippen LogP contribution in [0.25, 0.3) is 0 Å². The lowest BCUT2D eigenvalue weighted by Crippen LogP contribution is -2.20. The van der Waals surface area contributed by atoms with E-state index in [0.29, 0.717) is 0 Å². The van der Waals surface area contributed by atoms with E-state index in [0.717, 1.165) is 25.7 Å². The molecule has 0 aliphatic heterocycles. The molecule has 1 aliphatic rings. The first-order chi connectivity index (χ1) is 7.33. The average molecular weight is 211 g/mol. The largest absolute Gasteiger partial charge is 0.462 e. The van der Waals surface area contributed by atoms with Gasteiger partial charge in [0.1, 0.15) is 6.10 Å². The number of hydrogen-bond donors (Lipinski definition) is 0. The van der Waals surface area contributed by atoms with Gasteiger partial charge in [0.2, 0.25) is 0 Å². The average Bonchev–Trinajstić information content (AvgIpc) is 2.26. The molecule has 0 amide bonds. The van der Waals surface area contributed by atoms with Crippen LogP contribution < -0.4 is 0 Å². The number of carbonyl (C=O) groups is 1. The molecule has 1 fully saturated rings. The van der Waals surface area contributed by atoms with Gasteiger partial charge >= 0.3 is 5.97 Å². The number of hydrogen-bond acceptors (Lipinski definition) is 2. The van der Waals surface area contributed by atoms with Crippen molar-refractivity contribution in [2.45, 2.75) is 70.8 Å². The lowest BCUT2D eigenvalue weighted by molar-refractivity contribution is -0.146. The SMILES string of the molecule is CCCCC[CH]C(=O)OC1CCCCC1. The normalized spacial score (nSPS) is 17.7. The minimum Gasteiger partial charge on any atom is -0.462 e. The van der Waals surface area contributed by atoms with E-state index in [1.807, 2.05) is 0 Å². The van der Waals surface area contributed by atoms with Gasteiger partial charge in [0, 0.05) is 0 Å². The predicted molar refractivity (Wildman–Crippen MR) is 61.4 cm³/mol. The highest BCUT2D eigenvalue weighted by Gasteiger charge is 2.17. The van der Waals surface area contributed by atoms with Gasteiger partial charge in [0.15, 0.2) is 0 Å². The summed E-state index contributed by atoms with van der Waals surface area (Å²) in [6.07, 6.45) is 12.2. The Morgan fingerprint density at radius 3 is 2.67 bits per heavy atom. The van der Waals surface area contributed by atoms with Crippen molar-refractivity contribution in [3.63, 3.8) is 0 Å². The van der Waals surface area contributed by atoms with Gasteiger partial charge in [-0.3, -0.25) is 4.79 Å². The van der Waals surface area contributed by atoms with E-state index in [4.69, 9.17) is 4.74 Å². The first kappa shape index (κ1) is 12.5. The third kappa shape index (κ3) is 5.81. The second kappa shape index (κ2) is 7.72. The second-order valence-electron chi connectivity index (χ2n) is 4.40. The number of unbranched alkanes of at least 4 members (excludes halogenated alkanes) is 3. The summed E-state index contributed by atoms with van der Waals surface area (Å²) in [4.78, 5) is 11.4. The first-order valence-corrected chi connectivity index (χ1v) is 6.36. The minimum absolute atomic E-state index is 0.0991. The van der Waals surface area contributed by atoms with E-state index in [1.54, 1.807) is 6.42 Å². The highest BCUT2D eigenvalue weighted by atomic mass is 16.5. The van der Waals surface area contributed by atoms with E-state index in [1.165, 1.54) is 32.1 Å². The molecule has 0 unspecified atom stereocenters. The maximum atomic E-state index is 11.4. The fourth-order valence-electron chi connectivity index (χ4n) is 2.01. The lowest BCUT2D eigenvalue weighted by atomic mass is 9.98. The molecule has 0 bridgehead atoms. The zero-order valence-corrected chi connectivity index (χ0v) is 9.84. The molecule has 15 heavy (non-hydrogen) atoms. The lowest BCUT2D eigenvalue weighted by Gasteiger charge is -2.21. The van der Waals surface area contributed by atoms with Crippen molar-refractivity contribution in [3.05, 3.63) is 6.42 Å². The van der Waals surface area contributed by atoms with E-state index < -0.39 is 0 Å². The molecule has 1 rings (SSSR count). The monoisotopic (exact) mass is 211 g/mol. The zero-order valence-electron chi connectivity index (χ0n) is 9.84. The Labute approximate surface area is 93.4 Å². The maximum absolute atomic E-state index is 11.4. The number of ether oxygens (including phenoxy) is 1. The molecule has 2 nitrogen and oxygen atoms in total. The van der Waals surface area contributed by atoms with Crippen molar-refractivity contribution >= 4 is 5.97 Å². The second-order valence-corrected chi connectivity index (χ2v) is 4.40. The van der Waals surface area contributed by atoms with Crippen LogP contribution in [-0.4, -0.2) is 12.1 Å². The molecular formula is C13H23O2. The standard InChI is InChI=1S/C13H23O2/c1-2-3-4-8-11-13(14)15-12-9-6-5-7-10-12/h11-12H,2-10H2,1H3. The third-order valence-corrected chi connectivity index (χ3v) is 2.95. The summed E-state index contributed by atoms with van der Waals surface area (Å²) in [5.74, 6) is -0.0991. The van der Waals surface area contributed by atoms with Crippen LogP contribution in [0.3, 0.4) is 0 Å². The molecule has 0 spiro atoms. The van der Waals surface area contributed by atoms with Crippen LogP contribution in [0.1, 0.15) is 64.7 Å². The molecule has 1 saturated carbocycles. The van der Waals surface area contributed by atoms with E-state index in [9.17, 15) is 4.79 Å². The fraction of sp³-hybridized carbons (Fsp3) is 0.846. The molecule has 1 radical (unpaired) electrons. The van der Waals surface area contributed by atoms with Crippen molar-refractivity contribution in [2.24, 2.45) is 0 Å². The van der Waals surface area contributed by atoms with Crippen LogP contribution >= 0.6 is 0 Å². The van der Waals surface area contributed by atoms with Crippen LogP contribution in [0.2, 0.25) is 0 Å². The molecule has 1 aliphatic carbocycles. The Morgan fingerprint density at radius 1 is 1.27 bits per heavy atom. The highest BCUT2D eigenvalue weighted by molar-refractivity contribution is 5.78. The first-order valence-electron chi connectivity index (χ1n) is 6.36. The van der Waals surface area contributed by atoms with Crippen molar-refractivity contribution in [1.82, 2.24) is 0 Å². The van der Waals surface area contributed by atoms with Gasteiger partial charge in [-0.1, -0.05) is 32.6 Å². The van der Waals surface area contributed by atoms with Gasteiger partial charge < -0.3 is 4.74 Å². The van der Waals surface area contributed by atoms with Crippen LogP contribution in [0.4, 0.5) is 0 Å². The topological polar surface area (TPSA) is 26.3 Å². The van der Waals surface area contributed by atoms with E-state index >= 15 is 0 Å². The highest BCUT2D eigenvalue weighted by Crippen LogP contribution is 2.20. The number of rotatable bonds is 6.